The van der Waals surface area contributed by atoms with Crippen molar-refractivity contribution in [1.29, 1.82) is 0 Å². The predicted octanol–water partition coefficient (Wildman–Crippen LogP) is 0.317. The number of aliphatic hydroxyl groups excluding tert-OH is 1. The zero-order chi connectivity index (χ0) is 23.4. The Labute approximate surface area is 182 Å². The van der Waals surface area contributed by atoms with Crippen LogP contribution in [0.1, 0.15) is 51.2 Å². The van der Waals surface area contributed by atoms with Gasteiger partial charge in [-0.2, -0.15) is 0 Å². The van der Waals surface area contributed by atoms with Gasteiger partial charge in [-0.15, -0.1) is 0 Å². The van der Waals surface area contributed by atoms with Crippen LogP contribution in [0.25, 0.3) is 0 Å². The Kier molecular flexibility index (Phi) is 8.18. The summed E-state index contributed by atoms with van der Waals surface area (Å²) in [5.41, 5.74) is 4.64. The normalized spacial score (nSPS) is 27.7. The maximum Gasteiger partial charge on any atom is 0.253 e. The summed E-state index contributed by atoms with van der Waals surface area (Å²) in [6, 6.07) is 6.62. The number of nitrogens with two attached hydrogens (primary N) is 1. The molecule has 9 heteroatoms. The largest absolute Gasteiger partial charge is 0.393 e. The van der Waals surface area contributed by atoms with Crippen LogP contribution in [0.15, 0.2) is 24.3 Å². The first-order chi connectivity index (χ1) is 14.4. The molecular weight excluding hydrogens is 404 g/mol. The monoisotopic (exact) mass is 437 g/mol. The Morgan fingerprint density at radius 2 is 1.97 bits per heavy atom. The first kappa shape index (κ1) is 25.2. The lowest BCUT2D eigenvalue weighted by Crippen LogP contribution is -2.54. The third kappa shape index (κ3) is 6.24. The van der Waals surface area contributed by atoms with Crippen LogP contribution in [-0.4, -0.2) is 56.3 Å². The predicted molar refractivity (Wildman–Crippen MR) is 111 cm³/mol. The molecule has 2 rings (SSSR count). The minimum absolute atomic E-state index is 0.0962. The lowest BCUT2D eigenvalue weighted by atomic mass is 9.74. The van der Waals surface area contributed by atoms with E-state index in [2.05, 4.69) is 0 Å². The molecule has 1 aliphatic rings. The Morgan fingerprint density at radius 1 is 1.35 bits per heavy atom. The SMILES string of the molecule is CC1CC(O)(C(CC(O)[CH]Cc2cccc(C(C)(O)C(N)=O)c2)C(=O)NO)CC(C)O1. The van der Waals surface area contributed by atoms with E-state index in [1.54, 1.807) is 50.0 Å². The number of benzene rings is 1. The summed E-state index contributed by atoms with van der Waals surface area (Å²) < 4.78 is 5.63. The highest BCUT2D eigenvalue weighted by molar-refractivity contribution is 5.84. The highest BCUT2D eigenvalue weighted by Gasteiger charge is 2.47. The fourth-order valence-electron chi connectivity index (χ4n) is 4.26. The molecule has 1 fully saturated rings. The van der Waals surface area contributed by atoms with Gasteiger partial charge in [-0.1, -0.05) is 24.3 Å². The number of rotatable bonds is 9. The highest BCUT2D eigenvalue weighted by atomic mass is 16.5. The average Bonchev–Trinajstić information content (AvgIpc) is 2.68. The van der Waals surface area contributed by atoms with Crippen molar-refractivity contribution in [2.24, 2.45) is 11.7 Å². The first-order valence-electron chi connectivity index (χ1n) is 10.3. The van der Waals surface area contributed by atoms with E-state index in [-0.39, 0.29) is 37.9 Å². The molecule has 1 aliphatic heterocycles. The number of hydrogen-bond acceptors (Lipinski definition) is 7. The fraction of sp³-hybridized carbons (Fsp3) is 0.591. The molecule has 0 saturated carbocycles. The number of amides is 2. The molecule has 0 bridgehead atoms. The second kappa shape index (κ2) is 10.1. The number of nitrogens with one attached hydrogen (secondary N) is 1. The molecule has 31 heavy (non-hydrogen) atoms. The molecule has 5 unspecified atom stereocenters. The van der Waals surface area contributed by atoms with Crippen LogP contribution < -0.4 is 11.2 Å². The van der Waals surface area contributed by atoms with Crippen LogP contribution in [0.3, 0.4) is 0 Å². The van der Waals surface area contributed by atoms with Gasteiger partial charge in [-0.25, -0.2) is 5.48 Å². The summed E-state index contributed by atoms with van der Waals surface area (Å²) in [7, 11) is 0. The van der Waals surface area contributed by atoms with E-state index in [9.17, 15) is 24.9 Å². The van der Waals surface area contributed by atoms with Crippen LogP contribution >= 0.6 is 0 Å². The van der Waals surface area contributed by atoms with Crippen molar-refractivity contribution in [3.8, 4) is 0 Å². The molecule has 1 heterocycles. The van der Waals surface area contributed by atoms with Gasteiger partial charge < -0.3 is 25.8 Å². The Balaban J connectivity index is 2.08. The van der Waals surface area contributed by atoms with Gasteiger partial charge >= 0.3 is 0 Å². The molecule has 173 valence electrons. The van der Waals surface area contributed by atoms with Gasteiger partial charge in [0, 0.05) is 12.8 Å². The fourth-order valence-corrected chi connectivity index (χ4v) is 4.26. The Hall–Kier alpha value is -2.04. The van der Waals surface area contributed by atoms with E-state index in [0.717, 1.165) is 0 Å². The van der Waals surface area contributed by atoms with E-state index >= 15 is 0 Å². The maximum absolute atomic E-state index is 12.3. The van der Waals surface area contributed by atoms with Crippen molar-refractivity contribution in [3.63, 3.8) is 0 Å². The van der Waals surface area contributed by atoms with E-state index in [4.69, 9.17) is 15.7 Å². The van der Waals surface area contributed by atoms with Gasteiger partial charge in [0.25, 0.3) is 5.91 Å². The van der Waals surface area contributed by atoms with E-state index in [0.29, 0.717) is 11.1 Å². The summed E-state index contributed by atoms with van der Waals surface area (Å²) in [5, 5.41) is 41.1. The highest BCUT2D eigenvalue weighted by Crippen LogP contribution is 2.37. The van der Waals surface area contributed by atoms with Crippen LogP contribution in [0, 0.1) is 12.3 Å². The number of aliphatic hydroxyl groups is 3. The van der Waals surface area contributed by atoms with Gasteiger partial charge in [-0.3, -0.25) is 14.8 Å². The standard InChI is InChI=1S/C22H33N2O7/c1-13-11-22(29,12-14(2)31-13)18(19(26)24-30)10-17(25)8-7-15-5-4-6-16(9-15)21(3,28)20(23)27/h4-6,8-9,13-14,17-18,25,28-30H,7,10-12H2,1-3H3,(H2,23,27)(H,24,26). The molecule has 0 spiro atoms. The third-order valence-corrected chi connectivity index (χ3v) is 5.89. The topological polar surface area (TPSA) is 162 Å². The average molecular weight is 438 g/mol. The molecule has 7 N–H and O–H groups in total. The van der Waals surface area contributed by atoms with E-state index in [1.165, 1.54) is 6.92 Å². The summed E-state index contributed by atoms with van der Waals surface area (Å²) >= 11 is 0. The van der Waals surface area contributed by atoms with Crippen molar-refractivity contribution in [2.75, 3.05) is 0 Å². The summed E-state index contributed by atoms with van der Waals surface area (Å²) in [6.45, 7) is 4.90. The van der Waals surface area contributed by atoms with E-state index in [1.807, 2.05) is 0 Å². The van der Waals surface area contributed by atoms with Crippen molar-refractivity contribution < 1.29 is 34.9 Å². The van der Waals surface area contributed by atoms with Crippen LogP contribution in [0.2, 0.25) is 0 Å². The third-order valence-electron chi connectivity index (χ3n) is 5.89. The van der Waals surface area contributed by atoms with Crippen LogP contribution in [0.5, 0.6) is 0 Å². The number of ether oxygens (including phenoxy) is 1. The molecule has 0 aliphatic carbocycles. The number of primary amides is 1. The van der Waals surface area contributed by atoms with Gasteiger partial charge in [0.15, 0.2) is 5.60 Å². The lowest BCUT2D eigenvalue weighted by molar-refractivity contribution is -0.174. The quantitative estimate of drug-likeness (QED) is 0.239. The van der Waals surface area contributed by atoms with Crippen molar-refractivity contribution in [2.45, 2.75) is 76.0 Å². The summed E-state index contributed by atoms with van der Waals surface area (Å²) in [6.07, 6.45) is 0.547. The molecule has 9 nitrogen and oxygen atoms in total. The summed E-state index contributed by atoms with van der Waals surface area (Å²) in [4.78, 5) is 23.8. The zero-order valence-electron chi connectivity index (χ0n) is 18.1. The maximum atomic E-state index is 12.3. The van der Waals surface area contributed by atoms with E-state index < -0.39 is 35.0 Å². The molecule has 1 radical (unpaired) electrons. The Morgan fingerprint density at radius 3 is 2.52 bits per heavy atom. The molecule has 2 amide bonds. The molecule has 0 aromatic heterocycles. The molecule has 1 aromatic rings. The molecule has 5 atom stereocenters. The minimum Gasteiger partial charge on any atom is -0.393 e. The van der Waals surface area contributed by atoms with Crippen molar-refractivity contribution >= 4 is 11.8 Å². The van der Waals surface area contributed by atoms with Crippen molar-refractivity contribution in [1.82, 2.24) is 5.48 Å². The first-order valence-corrected chi connectivity index (χ1v) is 10.3. The van der Waals surface area contributed by atoms with Gasteiger partial charge in [0.05, 0.1) is 29.8 Å². The number of carbonyl (C=O) groups is 2. The van der Waals surface area contributed by atoms with Gasteiger partial charge in [0.1, 0.15) is 0 Å². The van der Waals surface area contributed by atoms with Gasteiger partial charge in [-0.05, 0) is 51.2 Å². The molecular formula is C22H33N2O7. The van der Waals surface area contributed by atoms with Crippen LogP contribution in [0.4, 0.5) is 0 Å². The van der Waals surface area contributed by atoms with Crippen LogP contribution in [-0.2, 0) is 26.3 Å². The lowest BCUT2D eigenvalue weighted by Gasteiger charge is -2.43. The Bertz CT molecular complexity index is 773. The summed E-state index contributed by atoms with van der Waals surface area (Å²) in [5.74, 6) is -2.69. The molecule has 1 saturated heterocycles. The number of hydroxylamine groups is 1. The smallest absolute Gasteiger partial charge is 0.253 e. The minimum atomic E-state index is -1.82. The zero-order valence-corrected chi connectivity index (χ0v) is 18.1. The second-order valence-corrected chi connectivity index (χ2v) is 8.68. The van der Waals surface area contributed by atoms with Gasteiger partial charge in [0.2, 0.25) is 5.91 Å². The second-order valence-electron chi connectivity index (χ2n) is 8.68. The molecule has 1 aromatic carbocycles. The van der Waals surface area contributed by atoms with Crippen molar-refractivity contribution in [3.05, 3.63) is 41.8 Å². The number of carbonyl (C=O) groups excluding carboxylic acids is 2. The number of hydrogen-bond donors (Lipinski definition) is 6.